The lowest BCUT2D eigenvalue weighted by Crippen LogP contribution is -2.48. The normalized spacial score (nSPS) is 25.1. The standard InChI is InChI=1S/C26H33FN6O5/c1-15(28)12-36-18-8-17-6-16(7-19(17)20(27)9-18)11-32-4-2-26(3-5-32)14-33(25(35)38-26)21-10-29-24-23(30-21)31-22(34)13-37-24/h8-10,15-16,25,35H,2-7,11-14,28H2,1H3,(H,30,31,34)/t15-,16?,25?/m1/s1. The second kappa shape index (κ2) is 9.92. The molecule has 0 saturated carbocycles. The molecule has 1 spiro atoms. The van der Waals surface area contributed by atoms with E-state index < -0.39 is 12.0 Å². The summed E-state index contributed by atoms with van der Waals surface area (Å²) in [5.74, 6) is 1.29. The molecule has 204 valence electrons. The van der Waals surface area contributed by atoms with Crippen molar-refractivity contribution in [3.63, 3.8) is 0 Å². The highest BCUT2D eigenvalue weighted by molar-refractivity contribution is 5.93. The number of nitrogens with two attached hydrogens (primary N) is 1. The van der Waals surface area contributed by atoms with Gasteiger partial charge in [-0.1, -0.05) is 0 Å². The Kier molecular flexibility index (Phi) is 6.58. The van der Waals surface area contributed by atoms with Crippen molar-refractivity contribution < 1.29 is 28.5 Å². The first kappa shape index (κ1) is 25.2. The van der Waals surface area contributed by atoms with E-state index in [1.54, 1.807) is 4.90 Å². The summed E-state index contributed by atoms with van der Waals surface area (Å²) in [5.41, 5.74) is 7.08. The molecule has 4 aliphatic rings. The fourth-order valence-electron chi connectivity index (χ4n) is 5.88. The third-order valence-electron chi connectivity index (χ3n) is 7.76. The maximum Gasteiger partial charge on any atom is 0.263 e. The Bertz CT molecular complexity index is 1220. The number of nitrogens with one attached hydrogen (secondary N) is 1. The number of aromatic nitrogens is 2. The molecule has 3 atom stereocenters. The summed E-state index contributed by atoms with van der Waals surface area (Å²) < 4.78 is 31.7. The molecule has 3 aliphatic heterocycles. The molecule has 6 rings (SSSR count). The van der Waals surface area contributed by atoms with Gasteiger partial charge in [-0.25, -0.2) is 14.4 Å². The molecule has 0 radical (unpaired) electrons. The second-order valence-electron chi connectivity index (χ2n) is 10.9. The van der Waals surface area contributed by atoms with Crippen molar-refractivity contribution in [2.75, 3.05) is 49.6 Å². The van der Waals surface area contributed by atoms with Gasteiger partial charge in [-0.05, 0) is 55.7 Å². The quantitative estimate of drug-likeness (QED) is 0.499. The van der Waals surface area contributed by atoms with E-state index in [0.29, 0.717) is 30.6 Å². The van der Waals surface area contributed by atoms with Gasteiger partial charge in [-0.2, -0.15) is 0 Å². The van der Waals surface area contributed by atoms with Gasteiger partial charge in [0.25, 0.3) is 11.8 Å². The number of anilines is 2. The number of carbonyl (C=O) groups excluding carboxylic acids is 1. The third kappa shape index (κ3) is 5.00. The van der Waals surface area contributed by atoms with Crippen molar-refractivity contribution >= 4 is 17.5 Å². The second-order valence-corrected chi connectivity index (χ2v) is 10.9. The molecule has 12 heteroatoms. The summed E-state index contributed by atoms with van der Waals surface area (Å²) in [4.78, 5) is 24.3. The summed E-state index contributed by atoms with van der Waals surface area (Å²) in [7, 11) is 0. The number of piperidine rings is 1. The molecule has 11 nitrogen and oxygen atoms in total. The zero-order valence-electron chi connectivity index (χ0n) is 21.4. The zero-order valence-corrected chi connectivity index (χ0v) is 21.4. The Morgan fingerprint density at radius 2 is 2.16 bits per heavy atom. The molecule has 38 heavy (non-hydrogen) atoms. The van der Waals surface area contributed by atoms with E-state index in [9.17, 15) is 14.3 Å². The van der Waals surface area contributed by atoms with E-state index in [1.807, 2.05) is 13.0 Å². The maximum atomic E-state index is 14.7. The molecule has 1 amide bonds. The third-order valence-corrected chi connectivity index (χ3v) is 7.76. The van der Waals surface area contributed by atoms with Gasteiger partial charge in [0.1, 0.15) is 18.2 Å². The molecule has 2 fully saturated rings. The number of rotatable bonds is 6. The number of nitrogens with zero attached hydrogens (tertiary/aromatic N) is 4. The minimum absolute atomic E-state index is 0.0957. The molecule has 2 saturated heterocycles. The fraction of sp³-hybridized carbons (Fsp3) is 0.577. The van der Waals surface area contributed by atoms with Crippen LogP contribution in [0, 0.1) is 11.7 Å². The highest BCUT2D eigenvalue weighted by atomic mass is 19.1. The van der Waals surface area contributed by atoms with Gasteiger partial charge < -0.3 is 40.2 Å². The number of benzene rings is 1. The number of fused-ring (bicyclic) bond motifs is 2. The number of carbonyl (C=O) groups is 1. The van der Waals surface area contributed by atoms with Crippen molar-refractivity contribution in [1.82, 2.24) is 14.9 Å². The zero-order chi connectivity index (χ0) is 26.4. The maximum absolute atomic E-state index is 14.7. The molecule has 2 unspecified atom stereocenters. The lowest BCUT2D eigenvalue weighted by Gasteiger charge is -2.39. The van der Waals surface area contributed by atoms with Crippen molar-refractivity contribution in [3.05, 3.63) is 35.3 Å². The molecule has 4 heterocycles. The van der Waals surface area contributed by atoms with Gasteiger partial charge in [0.2, 0.25) is 6.41 Å². The Balaban J connectivity index is 1.04. The van der Waals surface area contributed by atoms with Crippen molar-refractivity contribution in [1.29, 1.82) is 0 Å². The van der Waals surface area contributed by atoms with Crippen LogP contribution in [-0.2, 0) is 22.4 Å². The van der Waals surface area contributed by atoms with Gasteiger partial charge in [0, 0.05) is 31.7 Å². The Labute approximate surface area is 220 Å². The van der Waals surface area contributed by atoms with E-state index in [-0.39, 0.29) is 36.1 Å². The Morgan fingerprint density at radius 3 is 2.95 bits per heavy atom. The van der Waals surface area contributed by atoms with Crippen LogP contribution in [0.5, 0.6) is 11.6 Å². The van der Waals surface area contributed by atoms with Gasteiger partial charge >= 0.3 is 0 Å². The van der Waals surface area contributed by atoms with Crippen LogP contribution in [-0.4, -0.2) is 83.3 Å². The molecule has 1 aliphatic carbocycles. The first-order valence-electron chi connectivity index (χ1n) is 13.1. The summed E-state index contributed by atoms with van der Waals surface area (Å²) in [6.07, 6.45) is 3.41. The molecular formula is C26H33FN6O5. The number of ether oxygens (including phenoxy) is 3. The Morgan fingerprint density at radius 1 is 1.34 bits per heavy atom. The number of amides is 1. The number of halogens is 1. The van der Waals surface area contributed by atoms with Crippen LogP contribution in [0.15, 0.2) is 18.3 Å². The molecule has 4 N–H and O–H groups in total. The topological polar surface area (TPSA) is 135 Å². The predicted octanol–water partition coefficient (Wildman–Crippen LogP) is 1.03. The average Bonchev–Trinajstić information content (AvgIpc) is 3.44. The Hall–Kier alpha value is -3.06. The van der Waals surface area contributed by atoms with E-state index >= 15 is 0 Å². The number of aliphatic hydroxyl groups is 1. The number of likely N-dealkylation sites (tertiary alicyclic amines) is 1. The largest absolute Gasteiger partial charge is 0.492 e. The molecule has 0 bridgehead atoms. The number of hydrogen-bond acceptors (Lipinski definition) is 10. The smallest absolute Gasteiger partial charge is 0.263 e. The van der Waals surface area contributed by atoms with Crippen LogP contribution in [0.25, 0.3) is 0 Å². The van der Waals surface area contributed by atoms with Crippen molar-refractivity contribution in [2.24, 2.45) is 11.7 Å². The van der Waals surface area contributed by atoms with Gasteiger partial charge in [0.05, 0.1) is 18.3 Å². The minimum Gasteiger partial charge on any atom is -0.492 e. The lowest BCUT2D eigenvalue weighted by molar-refractivity contribution is -0.151. The van der Waals surface area contributed by atoms with Gasteiger partial charge in [-0.3, -0.25) is 4.79 Å². The van der Waals surface area contributed by atoms with Crippen LogP contribution in [0.3, 0.4) is 0 Å². The monoisotopic (exact) mass is 528 g/mol. The molecular weight excluding hydrogens is 495 g/mol. The van der Waals surface area contributed by atoms with Gasteiger partial charge in [-0.15, -0.1) is 0 Å². The number of hydrogen-bond donors (Lipinski definition) is 3. The SMILES string of the molecule is C[C@@H](N)COc1cc(F)c2c(c1)CC(CN1CCC3(CC1)CN(c1cnc4c(n1)NC(=O)CO4)C(O)O3)C2. The first-order valence-corrected chi connectivity index (χ1v) is 13.1. The lowest BCUT2D eigenvalue weighted by atomic mass is 9.90. The predicted molar refractivity (Wildman–Crippen MR) is 135 cm³/mol. The van der Waals surface area contributed by atoms with Crippen LogP contribution in [0.1, 0.15) is 30.9 Å². The summed E-state index contributed by atoms with van der Waals surface area (Å²) in [6, 6.07) is 3.31. The molecule has 1 aromatic heterocycles. The van der Waals surface area contributed by atoms with E-state index in [4.69, 9.17) is 19.9 Å². The number of aliphatic hydroxyl groups excluding tert-OH is 1. The van der Waals surface area contributed by atoms with Crippen molar-refractivity contribution in [2.45, 2.75) is 50.7 Å². The van der Waals surface area contributed by atoms with E-state index in [2.05, 4.69) is 20.2 Å². The van der Waals surface area contributed by atoms with Crippen LogP contribution >= 0.6 is 0 Å². The molecule has 2 aromatic rings. The van der Waals surface area contributed by atoms with E-state index in [1.165, 1.54) is 12.3 Å². The van der Waals surface area contributed by atoms with Crippen LogP contribution < -0.4 is 25.4 Å². The van der Waals surface area contributed by atoms with Crippen LogP contribution in [0.2, 0.25) is 0 Å². The fourth-order valence-corrected chi connectivity index (χ4v) is 5.88. The van der Waals surface area contributed by atoms with Gasteiger partial charge in [0.15, 0.2) is 18.2 Å². The highest BCUT2D eigenvalue weighted by Gasteiger charge is 2.47. The highest BCUT2D eigenvalue weighted by Crippen LogP contribution is 2.39. The summed E-state index contributed by atoms with van der Waals surface area (Å²) in [5, 5.41) is 13.3. The summed E-state index contributed by atoms with van der Waals surface area (Å²) >= 11 is 0. The molecule has 1 aromatic carbocycles. The minimum atomic E-state index is -1.15. The van der Waals surface area contributed by atoms with E-state index in [0.717, 1.165) is 56.4 Å². The average molecular weight is 529 g/mol. The summed E-state index contributed by atoms with van der Waals surface area (Å²) in [6.45, 7) is 5.10. The van der Waals surface area contributed by atoms with Crippen molar-refractivity contribution in [3.8, 4) is 11.6 Å². The first-order chi connectivity index (χ1) is 18.3. The van der Waals surface area contributed by atoms with Crippen LogP contribution in [0.4, 0.5) is 16.0 Å².